The van der Waals surface area contributed by atoms with E-state index in [4.69, 9.17) is 5.73 Å². The molecular weight excluding hydrogens is 220 g/mol. The predicted octanol–water partition coefficient (Wildman–Crippen LogP) is 1.84. The highest BCUT2D eigenvalue weighted by Crippen LogP contribution is 2.41. The van der Waals surface area contributed by atoms with E-state index < -0.39 is 0 Å². The van der Waals surface area contributed by atoms with Crippen molar-refractivity contribution in [3.05, 3.63) is 22.4 Å². The van der Waals surface area contributed by atoms with Crippen LogP contribution in [0.2, 0.25) is 0 Å². The number of nitrogens with two attached hydrogens (primary N) is 1. The van der Waals surface area contributed by atoms with Crippen LogP contribution in [-0.4, -0.2) is 24.4 Å². The van der Waals surface area contributed by atoms with Crippen molar-refractivity contribution in [2.45, 2.75) is 25.8 Å². The van der Waals surface area contributed by atoms with E-state index in [9.17, 15) is 4.79 Å². The normalized spacial score (nSPS) is 17.9. The summed E-state index contributed by atoms with van der Waals surface area (Å²) in [4.78, 5) is 15.3. The predicted molar refractivity (Wildman–Crippen MR) is 66.1 cm³/mol. The van der Waals surface area contributed by atoms with Crippen LogP contribution in [0, 0.1) is 5.41 Å². The van der Waals surface area contributed by atoms with Crippen LogP contribution in [0.25, 0.3) is 0 Å². The molecule has 1 aliphatic carbocycles. The van der Waals surface area contributed by atoms with Gasteiger partial charge in [-0.25, -0.2) is 0 Å². The molecule has 0 radical (unpaired) electrons. The number of carbonyl (C=O) groups excluding carboxylic acids is 1. The minimum absolute atomic E-state index is 0.217. The van der Waals surface area contributed by atoms with Crippen LogP contribution in [0.4, 0.5) is 0 Å². The van der Waals surface area contributed by atoms with Gasteiger partial charge in [0.1, 0.15) is 0 Å². The van der Waals surface area contributed by atoms with Crippen LogP contribution in [0.1, 0.15) is 24.1 Å². The second-order valence-corrected chi connectivity index (χ2v) is 5.61. The van der Waals surface area contributed by atoms with E-state index in [1.165, 1.54) is 4.88 Å². The first kappa shape index (κ1) is 11.6. The van der Waals surface area contributed by atoms with E-state index in [2.05, 4.69) is 6.07 Å². The molecule has 0 aromatic carbocycles. The molecule has 1 fully saturated rings. The molecule has 16 heavy (non-hydrogen) atoms. The largest absolute Gasteiger partial charge is 0.340 e. The molecule has 0 unspecified atom stereocenters. The highest BCUT2D eigenvalue weighted by Gasteiger charge is 2.44. The zero-order chi connectivity index (χ0) is 11.6. The molecule has 0 bridgehead atoms. The Bertz CT molecular complexity index is 352. The molecule has 0 aliphatic heterocycles. The van der Waals surface area contributed by atoms with Crippen molar-refractivity contribution in [1.82, 2.24) is 4.90 Å². The summed E-state index contributed by atoms with van der Waals surface area (Å²) in [6.07, 6.45) is 3.05. The van der Waals surface area contributed by atoms with E-state index in [-0.39, 0.29) is 11.3 Å². The smallest absolute Gasteiger partial charge is 0.230 e. The average Bonchev–Trinajstić information content (AvgIpc) is 2.69. The molecule has 1 aromatic heterocycles. The van der Waals surface area contributed by atoms with E-state index >= 15 is 0 Å². The van der Waals surface area contributed by atoms with Gasteiger partial charge in [0.2, 0.25) is 5.91 Å². The number of hydrogen-bond acceptors (Lipinski definition) is 3. The lowest BCUT2D eigenvalue weighted by Gasteiger charge is -2.41. The number of nitrogens with zero attached hydrogens (tertiary/aromatic N) is 1. The lowest BCUT2D eigenvalue weighted by molar-refractivity contribution is -0.145. The third kappa shape index (κ3) is 1.99. The van der Waals surface area contributed by atoms with Crippen molar-refractivity contribution in [2.75, 3.05) is 13.6 Å². The Kier molecular flexibility index (Phi) is 3.30. The van der Waals surface area contributed by atoms with E-state index in [1.54, 1.807) is 11.3 Å². The van der Waals surface area contributed by atoms with Crippen molar-refractivity contribution in [2.24, 2.45) is 11.1 Å². The summed E-state index contributed by atoms with van der Waals surface area (Å²) in [5.41, 5.74) is 5.49. The Morgan fingerprint density at radius 1 is 1.62 bits per heavy atom. The molecule has 4 heteroatoms. The summed E-state index contributed by atoms with van der Waals surface area (Å²) in [6, 6.07) is 4.07. The molecule has 1 saturated carbocycles. The molecule has 88 valence electrons. The number of thiophene rings is 1. The van der Waals surface area contributed by atoms with E-state index in [0.29, 0.717) is 13.1 Å². The summed E-state index contributed by atoms with van der Waals surface area (Å²) in [6.45, 7) is 1.19. The van der Waals surface area contributed by atoms with Crippen LogP contribution in [0.5, 0.6) is 0 Å². The maximum atomic E-state index is 12.3. The van der Waals surface area contributed by atoms with Crippen LogP contribution in [0.15, 0.2) is 17.5 Å². The molecule has 1 amide bonds. The van der Waals surface area contributed by atoms with Gasteiger partial charge in [0.25, 0.3) is 0 Å². The third-order valence-electron chi connectivity index (χ3n) is 3.47. The Hall–Kier alpha value is -0.870. The number of amides is 1. The van der Waals surface area contributed by atoms with E-state index in [1.807, 2.05) is 23.4 Å². The Balaban J connectivity index is 1.99. The topological polar surface area (TPSA) is 46.3 Å². The summed E-state index contributed by atoms with van der Waals surface area (Å²) >= 11 is 1.69. The molecule has 0 spiro atoms. The summed E-state index contributed by atoms with van der Waals surface area (Å²) in [5, 5.41) is 2.04. The van der Waals surface area contributed by atoms with Crippen molar-refractivity contribution < 1.29 is 4.79 Å². The summed E-state index contributed by atoms with van der Waals surface area (Å²) in [7, 11) is 1.87. The minimum Gasteiger partial charge on any atom is -0.340 e. The molecule has 1 aliphatic rings. The zero-order valence-electron chi connectivity index (χ0n) is 9.61. The van der Waals surface area contributed by atoms with Crippen molar-refractivity contribution in [3.63, 3.8) is 0 Å². The lowest BCUT2D eigenvalue weighted by Crippen LogP contribution is -2.50. The van der Waals surface area contributed by atoms with Gasteiger partial charge in [-0.2, -0.15) is 0 Å². The lowest BCUT2D eigenvalue weighted by atomic mass is 9.68. The molecule has 2 N–H and O–H groups in total. The first-order valence-electron chi connectivity index (χ1n) is 5.66. The number of rotatable bonds is 4. The second kappa shape index (κ2) is 4.55. The van der Waals surface area contributed by atoms with Crippen molar-refractivity contribution in [1.29, 1.82) is 0 Å². The fourth-order valence-electron chi connectivity index (χ4n) is 2.22. The minimum atomic E-state index is -0.244. The van der Waals surface area contributed by atoms with Gasteiger partial charge in [-0.3, -0.25) is 4.79 Å². The van der Waals surface area contributed by atoms with Crippen LogP contribution < -0.4 is 5.73 Å². The fourth-order valence-corrected chi connectivity index (χ4v) is 2.98. The Labute approximate surface area is 100 Å². The maximum Gasteiger partial charge on any atom is 0.230 e. The Morgan fingerprint density at radius 3 is 2.81 bits per heavy atom. The highest BCUT2D eigenvalue weighted by molar-refractivity contribution is 7.09. The Morgan fingerprint density at radius 2 is 2.38 bits per heavy atom. The van der Waals surface area contributed by atoms with Gasteiger partial charge < -0.3 is 10.6 Å². The highest BCUT2D eigenvalue weighted by atomic mass is 32.1. The molecular formula is C12H18N2OS. The average molecular weight is 238 g/mol. The second-order valence-electron chi connectivity index (χ2n) is 4.58. The summed E-state index contributed by atoms with van der Waals surface area (Å²) < 4.78 is 0. The standard InChI is InChI=1S/C12H18N2OS/c1-14(8-10-4-2-7-16-10)11(15)12(9-13)5-3-6-12/h2,4,7H,3,5-6,8-9,13H2,1H3. The molecule has 2 rings (SSSR count). The van der Waals surface area contributed by atoms with Crippen LogP contribution in [-0.2, 0) is 11.3 Å². The van der Waals surface area contributed by atoms with Gasteiger partial charge in [0, 0.05) is 18.5 Å². The van der Waals surface area contributed by atoms with Gasteiger partial charge in [-0.15, -0.1) is 11.3 Å². The fraction of sp³-hybridized carbons (Fsp3) is 0.583. The maximum absolute atomic E-state index is 12.3. The third-order valence-corrected chi connectivity index (χ3v) is 4.34. The quantitative estimate of drug-likeness (QED) is 0.870. The number of carbonyl (C=O) groups is 1. The monoisotopic (exact) mass is 238 g/mol. The number of hydrogen-bond donors (Lipinski definition) is 1. The summed E-state index contributed by atoms with van der Waals surface area (Å²) in [5.74, 6) is 0.217. The van der Waals surface area contributed by atoms with Gasteiger partial charge in [0.15, 0.2) is 0 Å². The van der Waals surface area contributed by atoms with Gasteiger partial charge in [0.05, 0.1) is 12.0 Å². The molecule has 3 nitrogen and oxygen atoms in total. The van der Waals surface area contributed by atoms with Crippen molar-refractivity contribution in [3.8, 4) is 0 Å². The van der Waals surface area contributed by atoms with Gasteiger partial charge in [-0.05, 0) is 24.3 Å². The van der Waals surface area contributed by atoms with Crippen LogP contribution in [0.3, 0.4) is 0 Å². The first-order chi connectivity index (χ1) is 7.68. The van der Waals surface area contributed by atoms with Gasteiger partial charge >= 0.3 is 0 Å². The molecule has 1 heterocycles. The zero-order valence-corrected chi connectivity index (χ0v) is 10.4. The van der Waals surface area contributed by atoms with Crippen LogP contribution >= 0.6 is 11.3 Å². The molecule has 0 atom stereocenters. The van der Waals surface area contributed by atoms with E-state index in [0.717, 1.165) is 19.3 Å². The SMILES string of the molecule is CN(Cc1cccs1)C(=O)C1(CN)CCC1. The molecule has 0 saturated heterocycles. The first-order valence-corrected chi connectivity index (χ1v) is 6.54. The van der Waals surface area contributed by atoms with Crippen molar-refractivity contribution >= 4 is 17.2 Å². The van der Waals surface area contributed by atoms with Gasteiger partial charge in [-0.1, -0.05) is 12.5 Å². The molecule has 1 aromatic rings.